The number of carboxylic acid groups (broad SMARTS) is 1. The van der Waals surface area contributed by atoms with Crippen LogP contribution >= 0.6 is 0 Å². The smallest absolute Gasteiger partial charge is 0.341 e. The number of carboxylic acids is 1. The second kappa shape index (κ2) is 5.56. The van der Waals surface area contributed by atoms with Crippen molar-refractivity contribution in [1.29, 1.82) is 0 Å². The summed E-state index contributed by atoms with van der Waals surface area (Å²) in [6, 6.07) is 6.61. The molecule has 0 unspecified atom stereocenters. The zero-order valence-electron chi connectivity index (χ0n) is 10.5. The summed E-state index contributed by atoms with van der Waals surface area (Å²) in [7, 11) is 0. The maximum absolute atomic E-state index is 11.6. The standard InChI is InChI=1S/C14H14O5/c1-2-3-9-6-10-7-11(18-8-13(15)16)4-5-12(10)19-14(9)17/h4-7H,2-3,8H2,1H3,(H,15,16). The molecule has 2 aromatic rings. The molecule has 0 aliphatic carbocycles. The highest BCUT2D eigenvalue weighted by Crippen LogP contribution is 2.21. The van der Waals surface area contributed by atoms with Crippen molar-refractivity contribution in [2.24, 2.45) is 0 Å². The third kappa shape index (κ3) is 3.13. The Labute approximate surface area is 109 Å². The van der Waals surface area contributed by atoms with Crippen LogP contribution in [-0.4, -0.2) is 17.7 Å². The summed E-state index contributed by atoms with van der Waals surface area (Å²) in [6.07, 6.45) is 1.50. The van der Waals surface area contributed by atoms with E-state index in [2.05, 4.69) is 0 Å². The van der Waals surface area contributed by atoms with Crippen LogP contribution in [0.25, 0.3) is 11.0 Å². The number of aryl methyl sites for hydroxylation is 1. The van der Waals surface area contributed by atoms with Crippen molar-refractivity contribution in [1.82, 2.24) is 0 Å². The van der Waals surface area contributed by atoms with Gasteiger partial charge in [-0.25, -0.2) is 9.59 Å². The zero-order valence-corrected chi connectivity index (χ0v) is 10.5. The Morgan fingerprint density at radius 2 is 2.16 bits per heavy atom. The minimum Gasteiger partial charge on any atom is -0.482 e. The first-order valence-corrected chi connectivity index (χ1v) is 6.01. The molecule has 0 amide bonds. The lowest BCUT2D eigenvalue weighted by atomic mass is 10.1. The lowest BCUT2D eigenvalue weighted by Crippen LogP contribution is -2.09. The predicted octanol–water partition coefficient (Wildman–Crippen LogP) is 2.21. The van der Waals surface area contributed by atoms with Crippen LogP contribution in [0.15, 0.2) is 33.5 Å². The van der Waals surface area contributed by atoms with Gasteiger partial charge in [-0.05, 0) is 30.7 Å². The van der Waals surface area contributed by atoms with Gasteiger partial charge < -0.3 is 14.3 Å². The Bertz CT molecular complexity index is 656. The van der Waals surface area contributed by atoms with Gasteiger partial charge in [0.25, 0.3) is 0 Å². The van der Waals surface area contributed by atoms with Gasteiger partial charge in [-0.3, -0.25) is 0 Å². The third-order valence-electron chi connectivity index (χ3n) is 2.66. The molecule has 0 aliphatic rings. The lowest BCUT2D eigenvalue weighted by Gasteiger charge is -2.05. The average Bonchev–Trinajstić information content (AvgIpc) is 2.37. The van der Waals surface area contributed by atoms with E-state index in [1.165, 1.54) is 0 Å². The summed E-state index contributed by atoms with van der Waals surface area (Å²) in [4.78, 5) is 22.1. The van der Waals surface area contributed by atoms with E-state index in [9.17, 15) is 9.59 Å². The molecule has 0 atom stereocenters. The molecule has 0 saturated heterocycles. The highest BCUT2D eigenvalue weighted by atomic mass is 16.5. The summed E-state index contributed by atoms with van der Waals surface area (Å²) in [5.41, 5.74) is 0.756. The SMILES string of the molecule is CCCc1cc2cc(OCC(=O)O)ccc2oc1=O. The van der Waals surface area contributed by atoms with Crippen molar-refractivity contribution in [3.05, 3.63) is 40.2 Å². The van der Waals surface area contributed by atoms with Crippen LogP contribution in [-0.2, 0) is 11.2 Å². The molecule has 1 aromatic heterocycles. The fourth-order valence-electron chi connectivity index (χ4n) is 1.82. The van der Waals surface area contributed by atoms with Crippen LogP contribution in [0.3, 0.4) is 0 Å². The molecule has 100 valence electrons. The van der Waals surface area contributed by atoms with Gasteiger partial charge in [0.2, 0.25) is 0 Å². The molecule has 0 fully saturated rings. The Kier molecular flexibility index (Phi) is 3.85. The molecular formula is C14H14O5. The Morgan fingerprint density at radius 3 is 2.84 bits per heavy atom. The molecule has 1 heterocycles. The van der Waals surface area contributed by atoms with Crippen LogP contribution in [0.1, 0.15) is 18.9 Å². The Hall–Kier alpha value is -2.30. The predicted molar refractivity (Wildman–Crippen MR) is 69.6 cm³/mol. The number of fused-ring (bicyclic) bond motifs is 1. The molecular weight excluding hydrogens is 248 g/mol. The summed E-state index contributed by atoms with van der Waals surface area (Å²) >= 11 is 0. The van der Waals surface area contributed by atoms with Gasteiger partial charge >= 0.3 is 11.6 Å². The molecule has 5 heteroatoms. The monoisotopic (exact) mass is 262 g/mol. The van der Waals surface area contributed by atoms with Crippen molar-refractivity contribution in [2.45, 2.75) is 19.8 Å². The van der Waals surface area contributed by atoms with E-state index in [0.717, 1.165) is 11.8 Å². The number of benzene rings is 1. The quantitative estimate of drug-likeness (QED) is 0.836. The van der Waals surface area contributed by atoms with E-state index in [1.807, 2.05) is 6.92 Å². The highest BCUT2D eigenvalue weighted by Gasteiger charge is 2.06. The van der Waals surface area contributed by atoms with Crippen molar-refractivity contribution < 1.29 is 19.1 Å². The van der Waals surface area contributed by atoms with Gasteiger partial charge in [0, 0.05) is 10.9 Å². The number of ether oxygens (including phenoxy) is 1. The molecule has 0 aliphatic heterocycles. The van der Waals surface area contributed by atoms with Gasteiger partial charge in [0.05, 0.1) is 0 Å². The van der Waals surface area contributed by atoms with E-state index in [4.69, 9.17) is 14.3 Å². The van der Waals surface area contributed by atoms with Crippen molar-refractivity contribution in [3.63, 3.8) is 0 Å². The first-order chi connectivity index (χ1) is 9.10. The van der Waals surface area contributed by atoms with E-state index in [1.54, 1.807) is 24.3 Å². The number of carbonyl (C=O) groups is 1. The second-order valence-corrected chi connectivity index (χ2v) is 4.19. The molecule has 0 bridgehead atoms. The number of rotatable bonds is 5. The van der Waals surface area contributed by atoms with E-state index < -0.39 is 12.6 Å². The van der Waals surface area contributed by atoms with Crippen LogP contribution in [0, 0.1) is 0 Å². The normalized spacial score (nSPS) is 10.6. The van der Waals surface area contributed by atoms with Gasteiger partial charge in [-0.15, -0.1) is 0 Å². The van der Waals surface area contributed by atoms with Gasteiger partial charge in [0.1, 0.15) is 11.3 Å². The van der Waals surface area contributed by atoms with E-state index in [-0.39, 0.29) is 5.63 Å². The van der Waals surface area contributed by atoms with Crippen molar-refractivity contribution >= 4 is 16.9 Å². The molecule has 0 spiro atoms. The minimum atomic E-state index is -1.04. The summed E-state index contributed by atoms with van der Waals surface area (Å²) in [5.74, 6) is -0.599. The largest absolute Gasteiger partial charge is 0.482 e. The first-order valence-electron chi connectivity index (χ1n) is 6.01. The Morgan fingerprint density at radius 1 is 1.37 bits per heavy atom. The topological polar surface area (TPSA) is 76.7 Å². The maximum atomic E-state index is 11.6. The molecule has 0 radical (unpaired) electrons. The first kappa shape index (κ1) is 13.1. The van der Waals surface area contributed by atoms with Gasteiger partial charge in [0.15, 0.2) is 6.61 Å². The van der Waals surface area contributed by atoms with Crippen LogP contribution in [0.4, 0.5) is 0 Å². The molecule has 2 rings (SSSR count). The fourth-order valence-corrected chi connectivity index (χ4v) is 1.82. The lowest BCUT2D eigenvalue weighted by molar-refractivity contribution is -0.139. The number of hydrogen-bond donors (Lipinski definition) is 1. The summed E-state index contributed by atoms with van der Waals surface area (Å²) in [5, 5.41) is 9.28. The van der Waals surface area contributed by atoms with Crippen molar-refractivity contribution in [3.8, 4) is 5.75 Å². The molecule has 1 aromatic carbocycles. The molecule has 19 heavy (non-hydrogen) atoms. The highest BCUT2D eigenvalue weighted by molar-refractivity contribution is 5.79. The molecule has 0 saturated carbocycles. The fraction of sp³-hybridized carbons (Fsp3) is 0.286. The average molecular weight is 262 g/mol. The summed E-state index contributed by atoms with van der Waals surface area (Å²) < 4.78 is 10.3. The molecule has 1 N–H and O–H groups in total. The third-order valence-corrected chi connectivity index (χ3v) is 2.66. The zero-order chi connectivity index (χ0) is 13.8. The maximum Gasteiger partial charge on any atom is 0.341 e. The van der Waals surface area contributed by atoms with Gasteiger partial charge in [-0.2, -0.15) is 0 Å². The number of aliphatic carboxylic acids is 1. The summed E-state index contributed by atoms with van der Waals surface area (Å²) in [6.45, 7) is 1.58. The van der Waals surface area contributed by atoms with Gasteiger partial charge in [-0.1, -0.05) is 13.3 Å². The number of hydrogen-bond acceptors (Lipinski definition) is 4. The van der Waals surface area contributed by atoms with Crippen molar-refractivity contribution in [2.75, 3.05) is 6.61 Å². The van der Waals surface area contributed by atoms with Crippen LogP contribution < -0.4 is 10.4 Å². The molecule has 5 nitrogen and oxygen atoms in total. The minimum absolute atomic E-state index is 0.325. The second-order valence-electron chi connectivity index (χ2n) is 4.19. The van der Waals surface area contributed by atoms with E-state index >= 15 is 0 Å². The van der Waals surface area contributed by atoms with Crippen LogP contribution in [0.2, 0.25) is 0 Å². The van der Waals surface area contributed by atoms with E-state index in [0.29, 0.717) is 23.3 Å². The Balaban J connectivity index is 2.37. The van der Waals surface area contributed by atoms with Crippen LogP contribution in [0.5, 0.6) is 5.75 Å².